The lowest BCUT2D eigenvalue weighted by atomic mass is 10.2. The van der Waals surface area contributed by atoms with Crippen molar-refractivity contribution in [3.63, 3.8) is 0 Å². The maximum absolute atomic E-state index is 4.41. The fraction of sp³-hybridized carbons (Fsp3) is 1.00. The smallest absolute Gasteiger partial charge is 0.0389 e. The van der Waals surface area contributed by atoms with E-state index in [1.807, 2.05) is 0 Å². The molecule has 2 aliphatic rings. The first-order chi connectivity index (χ1) is 3.86. The third kappa shape index (κ3) is 0.501. The van der Waals surface area contributed by atoms with Gasteiger partial charge in [-0.3, -0.25) is 0 Å². The van der Waals surface area contributed by atoms with Crippen molar-refractivity contribution in [3.8, 4) is 0 Å². The van der Waals surface area contributed by atoms with E-state index in [4.69, 9.17) is 0 Å². The minimum absolute atomic E-state index is 0.699. The first kappa shape index (κ1) is 4.77. The first-order valence-electron chi connectivity index (χ1n) is 3.23. The molecule has 2 fully saturated rings. The first-order valence-corrected chi connectivity index (χ1v) is 3.23. The van der Waals surface area contributed by atoms with Crippen molar-refractivity contribution in [2.24, 2.45) is 0 Å². The lowest BCUT2D eigenvalue weighted by Crippen LogP contribution is -2.37. The van der Waals surface area contributed by atoms with Crippen molar-refractivity contribution < 1.29 is 0 Å². The van der Waals surface area contributed by atoms with Gasteiger partial charge < -0.3 is 4.90 Å². The van der Waals surface area contributed by atoms with E-state index >= 15 is 0 Å². The minimum Gasteiger partial charge on any atom is -0.300 e. The topological polar surface area (TPSA) is 17.3 Å². The van der Waals surface area contributed by atoms with Crippen molar-refractivity contribution in [1.29, 1.82) is 0 Å². The Labute approximate surface area is 49.9 Å². The number of likely N-dealkylation sites (N-methyl/N-ethyl adjacent to an activating group) is 1. The summed E-state index contributed by atoms with van der Waals surface area (Å²) >= 11 is 0. The molecule has 1 radical (unpaired) electrons. The standard InChI is InChI=1S/C6H11N2/c1-8-4-5-2-6(8)3-7-5/h5-6H,2-4H2,1H3/t5-,6-/m1/s1. The molecule has 45 valence electrons. The molecular weight excluding hydrogens is 100 g/mol. The van der Waals surface area contributed by atoms with Gasteiger partial charge in [-0.05, 0) is 13.5 Å². The number of rotatable bonds is 0. The molecule has 2 rings (SSSR count). The third-order valence-electron chi connectivity index (χ3n) is 2.24. The van der Waals surface area contributed by atoms with Crippen molar-refractivity contribution in [3.05, 3.63) is 0 Å². The van der Waals surface area contributed by atoms with Crippen LogP contribution in [0.1, 0.15) is 6.42 Å². The predicted molar refractivity (Wildman–Crippen MR) is 31.8 cm³/mol. The van der Waals surface area contributed by atoms with Crippen LogP contribution in [-0.2, 0) is 0 Å². The molecule has 2 bridgehead atoms. The minimum atomic E-state index is 0.699. The summed E-state index contributed by atoms with van der Waals surface area (Å²) < 4.78 is 0. The number of likely N-dealkylation sites (tertiary alicyclic amines) is 1. The Kier molecular flexibility index (Phi) is 0.866. The average Bonchev–Trinajstić information content (AvgIpc) is 2.23. The SMILES string of the molecule is CN1C[C@H]2C[C@@H]1C[N]2. The zero-order valence-electron chi connectivity index (χ0n) is 5.17. The van der Waals surface area contributed by atoms with Crippen LogP contribution in [0.5, 0.6) is 0 Å². The second-order valence-electron chi connectivity index (χ2n) is 2.85. The molecule has 0 aliphatic carbocycles. The summed E-state index contributed by atoms with van der Waals surface area (Å²) in [6.07, 6.45) is 1.33. The normalized spacial score (nSPS) is 46.1. The Bertz CT molecular complexity index is 101. The van der Waals surface area contributed by atoms with Crippen molar-refractivity contribution in [2.45, 2.75) is 18.5 Å². The Morgan fingerprint density at radius 1 is 1.62 bits per heavy atom. The largest absolute Gasteiger partial charge is 0.300 e. The number of hydrogen-bond donors (Lipinski definition) is 0. The summed E-state index contributed by atoms with van der Waals surface area (Å²) in [7, 11) is 2.19. The molecule has 0 unspecified atom stereocenters. The molecule has 2 atom stereocenters. The highest BCUT2D eigenvalue weighted by atomic mass is 15.3. The molecule has 2 saturated heterocycles. The van der Waals surface area contributed by atoms with Gasteiger partial charge in [0.1, 0.15) is 0 Å². The summed E-state index contributed by atoms with van der Waals surface area (Å²) in [4.78, 5) is 2.41. The summed E-state index contributed by atoms with van der Waals surface area (Å²) in [5.74, 6) is 0. The van der Waals surface area contributed by atoms with Gasteiger partial charge in [-0.1, -0.05) is 0 Å². The quantitative estimate of drug-likeness (QED) is 0.418. The molecule has 0 aromatic rings. The second kappa shape index (κ2) is 1.45. The van der Waals surface area contributed by atoms with Gasteiger partial charge in [0, 0.05) is 25.2 Å². The van der Waals surface area contributed by atoms with E-state index in [9.17, 15) is 0 Å². The van der Waals surface area contributed by atoms with E-state index in [1.165, 1.54) is 13.0 Å². The molecule has 0 aromatic carbocycles. The lowest BCUT2D eigenvalue weighted by molar-refractivity contribution is 0.273. The Hall–Kier alpha value is -0.0800. The lowest BCUT2D eigenvalue weighted by Gasteiger charge is -2.20. The Balaban J connectivity index is 2.11. The molecule has 0 amide bonds. The van der Waals surface area contributed by atoms with Gasteiger partial charge in [-0.2, -0.15) is 0 Å². The van der Waals surface area contributed by atoms with Crippen LogP contribution in [0.25, 0.3) is 0 Å². The highest BCUT2D eigenvalue weighted by Crippen LogP contribution is 2.21. The number of piperazine rings is 1. The van der Waals surface area contributed by atoms with Gasteiger partial charge in [0.2, 0.25) is 0 Å². The molecule has 8 heavy (non-hydrogen) atoms. The fourth-order valence-corrected chi connectivity index (χ4v) is 1.67. The van der Waals surface area contributed by atoms with Gasteiger partial charge in [0.25, 0.3) is 0 Å². The average molecular weight is 111 g/mol. The Morgan fingerprint density at radius 3 is 2.75 bits per heavy atom. The van der Waals surface area contributed by atoms with Crippen molar-refractivity contribution in [2.75, 3.05) is 20.1 Å². The van der Waals surface area contributed by atoms with Gasteiger partial charge >= 0.3 is 0 Å². The van der Waals surface area contributed by atoms with Crippen LogP contribution < -0.4 is 5.32 Å². The molecule has 2 heteroatoms. The van der Waals surface area contributed by atoms with Crippen LogP contribution in [0.15, 0.2) is 0 Å². The summed E-state index contributed by atoms with van der Waals surface area (Å²) in [6.45, 7) is 2.31. The van der Waals surface area contributed by atoms with E-state index in [0.29, 0.717) is 6.04 Å². The van der Waals surface area contributed by atoms with Gasteiger partial charge in [-0.15, -0.1) is 0 Å². The zero-order chi connectivity index (χ0) is 5.56. The molecule has 0 N–H and O–H groups in total. The number of fused-ring (bicyclic) bond motifs is 2. The predicted octanol–water partition coefficient (Wildman–Crippen LogP) is -0.323. The molecule has 2 heterocycles. The molecular formula is C6H11N2. The summed E-state index contributed by atoms with van der Waals surface area (Å²) in [5.41, 5.74) is 0. The van der Waals surface area contributed by atoms with E-state index in [2.05, 4.69) is 17.3 Å². The molecule has 2 aliphatic heterocycles. The summed E-state index contributed by atoms with van der Waals surface area (Å²) in [6, 6.07) is 1.50. The molecule has 0 spiro atoms. The van der Waals surface area contributed by atoms with Gasteiger partial charge in [0.05, 0.1) is 0 Å². The van der Waals surface area contributed by atoms with Crippen LogP contribution in [0.2, 0.25) is 0 Å². The van der Waals surface area contributed by atoms with Crippen LogP contribution in [-0.4, -0.2) is 37.1 Å². The van der Waals surface area contributed by atoms with Crippen LogP contribution >= 0.6 is 0 Å². The number of nitrogens with zero attached hydrogens (tertiary/aromatic N) is 2. The van der Waals surface area contributed by atoms with E-state index in [1.54, 1.807) is 0 Å². The van der Waals surface area contributed by atoms with Gasteiger partial charge in [0.15, 0.2) is 0 Å². The number of hydrogen-bond acceptors (Lipinski definition) is 1. The van der Waals surface area contributed by atoms with E-state index in [0.717, 1.165) is 12.6 Å². The second-order valence-corrected chi connectivity index (χ2v) is 2.85. The van der Waals surface area contributed by atoms with E-state index < -0.39 is 0 Å². The Morgan fingerprint density at radius 2 is 2.50 bits per heavy atom. The van der Waals surface area contributed by atoms with Crippen LogP contribution in [0.4, 0.5) is 0 Å². The molecule has 0 aromatic heterocycles. The highest BCUT2D eigenvalue weighted by Gasteiger charge is 2.35. The van der Waals surface area contributed by atoms with Crippen molar-refractivity contribution >= 4 is 0 Å². The monoisotopic (exact) mass is 111 g/mol. The van der Waals surface area contributed by atoms with Crippen molar-refractivity contribution in [1.82, 2.24) is 10.2 Å². The zero-order valence-corrected chi connectivity index (χ0v) is 5.17. The maximum atomic E-state index is 4.41. The van der Waals surface area contributed by atoms with Crippen LogP contribution in [0, 0.1) is 0 Å². The summed E-state index contributed by atoms with van der Waals surface area (Å²) in [5, 5.41) is 4.41. The molecule has 2 nitrogen and oxygen atoms in total. The third-order valence-corrected chi connectivity index (χ3v) is 2.24. The van der Waals surface area contributed by atoms with Gasteiger partial charge in [-0.25, -0.2) is 5.32 Å². The molecule has 0 saturated carbocycles. The fourth-order valence-electron chi connectivity index (χ4n) is 1.67. The highest BCUT2D eigenvalue weighted by molar-refractivity contribution is 4.95. The maximum Gasteiger partial charge on any atom is 0.0389 e. The van der Waals surface area contributed by atoms with E-state index in [-0.39, 0.29) is 0 Å². The van der Waals surface area contributed by atoms with Crippen LogP contribution in [0.3, 0.4) is 0 Å².